The summed E-state index contributed by atoms with van der Waals surface area (Å²) in [6.07, 6.45) is -0.830. The SMILES string of the molecule is CC(=O)OC(=O)CONC(=O)OC(C)(C)C. The molecule has 0 heterocycles. The van der Waals surface area contributed by atoms with E-state index in [0.29, 0.717) is 0 Å². The zero-order valence-electron chi connectivity index (χ0n) is 9.66. The minimum Gasteiger partial charge on any atom is -0.442 e. The van der Waals surface area contributed by atoms with Gasteiger partial charge in [0.15, 0.2) is 6.61 Å². The van der Waals surface area contributed by atoms with Crippen LogP contribution >= 0.6 is 0 Å². The van der Waals surface area contributed by atoms with Crippen molar-refractivity contribution >= 4 is 18.0 Å². The first-order chi connectivity index (χ1) is 7.20. The molecule has 1 N–H and O–H groups in total. The molecule has 0 aliphatic carbocycles. The number of nitrogens with one attached hydrogen (secondary N) is 1. The zero-order valence-corrected chi connectivity index (χ0v) is 9.66. The van der Waals surface area contributed by atoms with Gasteiger partial charge in [0.1, 0.15) is 5.60 Å². The monoisotopic (exact) mass is 233 g/mol. The molecule has 1 amide bonds. The van der Waals surface area contributed by atoms with E-state index < -0.39 is 30.2 Å². The highest BCUT2D eigenvalue weighted by Crippen LogP contribution is 2.06. The summed E-state index contributed by atoms with van der Waals surface area (Å²) in [5, 5.41) is 0. The first kappa shape index (κ1) is 14.4. The smallest absolute Gasteiger partial charge is 0.431 e. The van der Waals surface area contributed by atoms with Crippen LogP contribution in [0.25, 0.3) is 0 Å². The number of hydrogen-bond acceptors (Lipinski definition) is 6. The van der Waals surface area contributed by atoms with E-state index in [1.54, 1.807) is 20.8 Å². The van der Waals surface area contributed by atoms with Crippen LogP contribution in [0.4, 0.5) is 4.79 Å². The molecule has 0 saturated heterocycles. The van der Waals surface area contributed by atoms with Crippen LogP contribution in [0.2, 0.25) is 0 Å². The Bertz CT molecular complexity index is 280. The van der Waals surface area contributed by atoms with Gasteiger partial charge in [-0.1, -0.05) is 0 Å². The first-order valence-electron chi connectivity index (χ1n) is 4.53. The third-order valence-electron chi connectivity index (χ3n) is 1.00. The van der Waals surface area contributed by atoms with E-state index >= 15 is 0 Å². The number of amides is 1. The van der Waals surface area contributed by atoms with E-state index in [1.807, 2.05) is 5.48 Å². The van der Waals surface area contributed by atoms with E-state index in [-0.39, 0.29) is 0 Å². The lowest BCUT2D eigenvalue weighted by molar-refractivity contribution is -0.162. The molecule has 0 rings (SSSR count). The molecule has 0 aliphatic heterocycles. The summed E-state index contributed by atoms with van der Waals surface area (Å²) in [5.74, 6) is -1.64. The van der Waals surface area contributed by atoms with E-state index in [2.05, 4.69) is 9.57 Å². The van der Waals surface area contributed by atoms with Crippen molar-refractivity contribution in [3.63, 3.8) is 0 Å². The van der Waals surface area contributed by atoms with Gasteiger partial charge in [0, 0.05) is 6.92 Å². The molecule has 0 atom stereocenters. The number of esters is 2. The molecule has 7 nitrogen and oxygen atoms in total. The number of hydroxylamine groups is 1. The number of carbonyl (C=O) groups excluding carboxylic acids is 3. The Morgan fingerprint density at radius 3 is 2.19 bits per heavy atom. The van der Waals surface area contributed by atoms with Gasteiger partial charge in [-0.3, -0.25) is 9.63 Å². The Kier molecular flexibility index (Phi) is 5.44. The Morgan fingerprint density at radius 1 is 1.19 bits per heavy atom. The third-order valence-corrected chi connectivity index (χ3v) is 1.00. The van der Waals surface area contributed by atoms with Crippen molar-refractivity contribution in [3.8, 4) is 0 Å². The maximum atomic E-state index is 11.0. The maximum Gasteiger partial charge on any atom is 0.431 e. The standard InChI is InChI=1S/C9H15NO6/c1-6(11)15-7(12)5-14-10-8(13)16-9(2,3)4/h5H2,1-4H3,(H,10,13). The number of carbonyl (C=O) groups is 3. The minimum atomic E-state index is -0.899. The summed E-state index contributed by atoms with van der Waals surface area (Å²) in [6.45, 7) is 5.54. The lowest BCUT2D eigenvalue weighted by Crippen LogP contribution is -2.34. The molecule has 7 heteroatoms. The lowest BCUT2D eigenvalue weighted by atomic mass is 10.2. The highest BCUT2D eigenvalue weighted by molar-refractivity contribution is 5.84. The molecular formula is C9H15NO6. The maximum absolute atomic E-state index is 11.0. The third kappa shape index (κ3) is 8.95. The summed E-state index contributed by atoms with van der Waals surface area (Å²) in [4.78, 5) is 36.5. The van der Waals surface area contributed by atoms with Gasteiger partial charge in [-0.2, -0.15) is 5.48 Å². The quantitative estimate of drug-likeness (QED) is 0.434. The Hall–Kier alpha value is -1.63. The minimum absolute atomic E-state index is 0.571. The zero-order chi connectivity index (χ0) is 12.8. The van der Waals surface area contributed by atoms with Crippen LogP contribution in [-0.2, 0) is 23.9 Å². The van der Waals surface area contributed by atoms with Crippen molar-refractivity contribution in [1.29, 1.82) is 0 Å². The average Bonchev–Trinajstić information content (AvgIpc) is 1.98. The molecule has 0 spiro atoms. The predicted octanol–water partition coefficient (Wildman–Crippen LogP) is 0.532. The Morgan fingerprint density at radius 2 is 1.75 bits per heavy atom. The molecule has 0 fully saturated rings. The summed E-state index contributed by atoms with van der Waals surface area (Å²) in [7, 11) is 0. The predicted molar refractivity (Wildman–Crippen MR) is 52.1 cm³/mol. The van der Waals surface area contributed by atoms with Crippen LogP contribution in [0.15, 0.2) is 0 Å². The van der Waals surface area contributed by atoms with Gasteiger partial charge in [-0.25, -0.2) is 9.59 Å². The van der Waals surface area contributed by atoms with Crippen molar-refractivity contribution in [3.05, 3.63) is 0 Å². The molecule has 0 aromatic rings. The lowest BCUT2D eigenvalue weighted by Gasteiger charge is -2.19. The van der Waals surface area contributed by atoms with Gasteiger partial charge in [0.05, 0.1) is 0 Å². The van der Waals surface area contributed by atoms with Crippen LogP contribution in [0.1, 0.15) is 27.7 Å². The highest BCUT2D eigenvalue weighted by Gasteiger charge is 2.16. The first-order valence-corrected chi connectivity index (χ1v) is 4.53. The van der Waals surface area contributed by atoms with E-state index in [0.717, 1.165) is 6.92 Å². The van der Waals surface area contributed by atoms with Gasteiger partial charge in [-0.05, 0) is 20.8 Å². The largest absolute Gasteiger partial charge is 0.442 e. The molecule has 16 heavy (non-hydrogen) atoms. The molecular weight excluding hydrogens is 218 g/mol. The summed E-state index contributed by atoms with van der Waals surface area (Å²) in [5.41, 5.74) is 1.21. The Labute approximate surface area is 93.0 Å². The van der Waals surface area contributed by atoms with Crippen molar-refractivity contribution < 1.29 is 28.7 Å². The fourth-order valence-electron chi connectivity index (χ4n) is 0.643. The summed E-state index contributed by atoms with van der Waals surface area (Å²) < 4.78 is 8.94. The molecule has 0 bridgehead atoms. The van der Waals surface area contributed by atoms with Crippen LogP contribution in [-0.4, -0.2) is 30.2 Å². The molecule has 0 aliphatic rings. The number of hydrogen-bond donors (Lipinski definition) is 1. The molecule has 92 valence electrons. The van der Waals surface area contributed by atoms with Crippen LogP contribution in [0, 0.1) is 0 Å². The van der Waals surface area contributed by atoms with Gasteiger partial charge in [0.25, 0.3) is 0 Å². The van der Waals surface area contributed by atoms with Crippen molar-refractivity contribution in [2.45, 2.75) is 33.3 Å². The fraction of sp³-hybridized carbons (Fsp3) is 0.667. The van der Waals surface area contributed by atoms with Crippen LogP contribution in [0.3, 0.4) is 0 Å². The van der Waals surface area contributed by atoms with Gasteiger partial charge < -0.3 is 9.47 Å². The number of rotatable bonds is 3. The van der Waals surface area contributed by atoms with Crippen LogP contribution < -0.4 is 5.48 Å². The van der Waals surface area contributed by atoms with Gasteiger partial charge in [-0.15, -0.1) is 0 Å². The second-order valence-corrected chi connectivity index (χ2v) is 3.86. The molecule has 0 radical (unpaired) electrons. The summed E-state index contributed by atoms with van der Waals surface area (Å²) in [6, 6.07) is 0. The second-order valence-electron chi connectivity index (χ2n) is 3.86. The number of ether oxygens (including phenoxy) is 2. The van der Waals surface area contributed by atoms with Gasteiger partial charge >= 0.3 is 18.0 Å². The molecule has 0 aromatic carbocycles. The Balaban J connectivity index is 3.70. The highest BCUT2D eigenvalue weighted by atomic mass is 16.7. The van der Waals surface area contributed by atoms with Crippen molar-refractivity contribution in [1.82, 2.24) is 5.48 Å². The van der Waals surface area contributed by atoms with Gasteiger partial charge in [0.2, 0.25) is 0 Å². The normalized spacial score (nSPS) is 10.5. The second kappa shape index (κ2) is 6.06. The van der Waals surface area contributed by atoms with Crippen molar-refractivity contribution in [2.24, 2.45) is 0 Å². The molecule has 0 saturated carbocycles. The van der Waals surface area contributed by atoms with E-state index in [1.165, 1.54) is 0 Å². The summed E-state index contributed by atoms with van der Waals surface area (Å²) >= 11 is 0. The molecule has 0 unspecified atom stereocenters. The average molecular weight is 233 g/mol. The fourth-order valence-corrected chi connectivity index (χ4v) is 0.643. The van der Waals surface area contributed by atoms with Crippen LogP contribution in [0.5, 0.6) is 0 Å². The topological polar surface area (TPSA) is 90.9 Å². The van der Waals surface area contributed by atoms with E-state index in [9.17, 15) is 14.4 Å². The molecule has 0 aromatic heterocycles. The van der Waals surface area contributed by atoms with Crippen molar-refractivity contribution in [2.75, 3.05) is 6.61 Å². The van der Waals surface area contributed by atoms with E-state index in [4.69, 9.17) is 4.74 Å².